The standard InChI is InChI=1S/C40H46N14O5/c1-7-53-29(16-22(3)49-53)39(57)48-40-46-28-18-25(35(42)56)20-31(59-15-11-12-43-5)33(28)52(40)14-10-9-13-51-32-26(17-24(34(41)55)19-30(32)58-6)27-21-44-36(47-37(27)51)38-45-23(4)50-54(38)8-2/h9-10,16-21,43H,7-8,11-15H2,1-6H3,(H2,41,55)(H2,42,56)(H,46,48,57)/b10-9+. The lowest BCUT2D eigenvalue weighted by molar-refractivity contribution is 0.0991. The minimum absolute atomic E-state index is 0.215. The molecule has 0 aliphatic rings. The molecule has 0 bridgehead atoms. The predicted molar refractivity (Wildman–Crippen MR) is 222 cm³/mol. The number of nitrogens with zero attached hydrogens (tertiary/aromatic N) is 10. The van der Waals surface area contributed by atoms with Crippen molar-refractivity contribution in [2.24, 2.45) is 11.5 Å². The van der Waals surface area contributed by atoms with Gasteiger partial charge < -0.3 is 35.4 Å². The van der Waals surface area contributed by atoms with E-state index in [-0.39, 0.29) is 23.6 Å². The number of aryl methyl sites for hydroxylation is 4. The average Bonchev–Trinajstić information content (AvgIpc) is 3.98. The van der Waals surface area contributed by atoms with E-state index in [0.29, 0.717) is 113 Å². The summed E-state index contributed by atoms with van der Waals surface area (Å²) in [4.78, 5) is 57.6. The van der Waals surface area contributed by atoms with Crippen molar-refractivity contribution in [2.45, 2.75) is 60.3 Å². The Labute approximate surface area is 338 Å². The molecule has 0 unspecified atom stereocenters. The van der Waals surface area contributed by atoms with E-state index >= 15 is 0 Å². The molecule has 0 spiro atoms. The van der Waals surface area contributed by atoms with E-state index in [2.05, 4.69) is 30.8 Å². The van der Waals surface area contributed by atoms with E-state index in [1.165, 1.54) is 7.11 Å². The highest BCUT2D eigenvalue weighted by Crippen LogP contribution is 2.36. The number of imidazole rings is 1. The van der Waals surface area contributed by atoms with Crippen LogP contribution in [0.5, 0.6) is 11.5 Å². The highest BCUT2D eigenvalue weighted by atomic mass is 16.5. The fraction of sp³-hybridized carbons (Fsp3) is 0.325. The van der Waals surface area contributed by atoms with Crippen LogP contribution in [0.4, 0.5) is 5.95 Å². The third-order valence-electron chi connectivity index (χ3n) is 9.76. The quantitative estimate of drug-likeness (QED) is 0.0760. The van der Waals surface area contributed by atoms with Crippen molar-refractivity contribution in [3.05, 3.63) is 77.0 Å². The zero-order chi connectivity index (χ0) is 42.0. The molecule has 0 atom stereocenters. The first-order valence-electron chi connectivity index (χ1n) is 19.2. The number of allylic oxidation sites excluding steroid dienone is 2. The van der Waals surface area contributed by atoms with Crippen LogP contribution in [0, 0.1) is 13.8 Å². The van der Waals surface area contributed by atoms with Crippen LogP contribution in [0.15, 0.2) is 48.7 Å². The van der Waals surface area contributed by atoms with Gasteiger partial charge in [0.15, 0.2) is 11.6 Å². The molecule has 59 heavy (non-hydrogen) atoms. The van der Waals surface area contributed by atoms with Crippen LogP contribution in [-0.2, 0) is 26.2 Å². The number of fused-ring (bicyclic) bond motifs is 4. The number of nitrogens with one attached hydrogen (secondary N) is 2. The average molecular weight is 803 g/mol. The molecule has 5 heterocycles. The normalized spacial score (nSPS) is 11.7. The number of methoxy groups -OCH3 is 1. The second-order valence-corrected chi connectivity index (χ2v) is 13.7. The van der Waals surface area contributed by atoms with Crippen LogP contribution in [-0.4, -0.2) is 93.7 Å². The fourth-order valence-electron chi connectivity index (χ4n) is 7.07. The van der Waals surface area contributed by atoms with Crippen LogP contribution in [0.1, 0.15) is 63.0 Å². The molecule has 0 radical (unpaired) electrons. The Morgan fingerprint density at radius 2 is 1.54 bits per heavy atom. The number of hydrogen-bond donors (Lipinski definition) is 4. The van der Waals surface area contributed by atoms with Crippen molar-refractivity contribution in [2.75, 3.05) is 32.6 Å². The zero-order valence-electron chi connectivity index (χ0n) is 33.7. The molecule has 19 heteroatoms. The number of primary amides is 2. The number of rotatable bonds is 17. The Morgan fingerprint density at radius 3 is 2.24 bits per heavy atom. The largest absolute Gasteiger partial charge is 0.495 e. The van der Waals surface area contributed by atoms with Crippen LogP contribution in [0.25, 0.3) is 44.6 Å². The lowest BCUT2D eigenvalue weighted by Gasteiger charge is -2.13. The second kappa shape index (κ2) is 16.8. The first kappa shape index (κ1) is 40.1. The minimum Gasteiger partial charge on any atom is -0.495 e. The Hall–Kier alpha value is -7.15. The summed E-state index contributed by atoms with van der Waals surface area (Å²) in [5.74, 6) is 0.877. The van der Waals surface area contributed by atoms with Crippen molar-refractivity contribution < 1.29 is 23.9 Å². The van der Waals surface area contributed by atoms with Crippen LogP contribution >= 0.6 is 0 Å². The molecule has 0 saturated heterocycles. The van der Waals surface area contributed by atoms with Gasteiger partial charge in [-0.2, -0.15) is 10.2 Å². The predicted octanol–water partition coefficient (Wildman–Crippen LogP) is 3.75. The van der Waals surface area contributed by atoms with Crippen molar-refractivity contribution in [1.82, 2.24) is 53.9 Å². The summed E-state index contributed by atoms with van der Waals surface area (Å²) in [5, 5.41) is 16.3. The smallest absolute Gasteiger partial charge is 0.276 e. The van der Waals surface area contributed by atoms with E-state index in [1.54, 1.807) is 45.9 Å². The van der Waals surface area contributed by atoms with Gasteiger partial charge in [0.2, 0.25) is 17.8 Å². The topological polar surface area (TPSA) is 243 Å². The fourth-order valence-corrected chi connectivity index (χ4v) is 7.07. The molecule has 5 aromatic heterocycles. The third-order valence-corrected chi connectivity index (χ3v) is 9.76. The molecule has 19 nitrogen and oxygen atoms in total. The second-order valence-electron chi connectivity index (χ2n) is 13.7. The Balaban J connectivity index is 1.33. The maximum atomic E-state index is 13.8. The number of carbonyl (C=O) groups is 3. The highest BCUT2D eigenvalue weighted by Gasteiger charge is 2.23. The van der Waals surface area contributed by atoms with Gasteiger partial charge in [0.1, 0.15) is 34.2 Å². The van der Waals surface area contributed by atoms with Crippen molar-refractivity contribution in [3.8, 4) is 23.1 Å². The summed E-state index contributed by atoms with van der Waals surface area (Å²) in [6.07, 6.45) is 6.26. The zero-order valence-corrected chi connectivity index (χ0v) is 33.7. The number of benzene rings is 2. The molecule has 0 saturated carbocycles. The Bertz CT molecular complexity index is 2770. The summed E-state index contributed by atoms with van der Waals surface area (Å²) < 4.78 is 19.2. The van der Waals surface area contributed by atoms with Gasteiger partial charge >= 0.3 is 0 Å². The van der Waals surface area contributed by atoms with E-state index in [0.717, 1.165) is 0 Å². The van der Waals surface area contributed by atoms with Gasteiger partial charge in [-0.1, -0.05) is 12.2 Å². The van der Waals surface area contributed by atoms with E-state index in [9.17, 15) is 14.4 Å². The van der Waals surface area contributed by atoms with Crippen LogP contribution in [0.2, 0.25) is 0 Å². The molecule has 7 aromatic rings. The van der Waals surface area contributed by atoms with Gasteiger partial charge in [0.05, 0.1) is 30.4 Å². The molecule has 0 aliphatic carbocycles. The third kappa shape index (κ3) is 7.78. The number of hydrogen-bond acceptors (Lipinski definition) is 12. The first-order chi connectivity index (χ1) is 28.5. The molecule has 0 fully saturated rings. The van der Waals surface area contributed by atoms with Crippen molar-refractivity contribution >= 4 is 56.6 Å². The van der Waals surface area contributed by atoms with E-state index in [1.807, 2.05) is 56.0 Å². The number of carbonyl (C=O) groups excluding carboxylic acids is 3. The summed E-state index contributed by atoms with van der Waals surface area (Å²) in [6, 6.07) is 8.20. The molecular weight excluding hydrogens is 757 g/mol. The molecule has 306 valence electrons. The van der Waals surface area contributed by atoms with Crippen LogP contribution in [0.3, 0.4) is 0 Å². The summed E-state index contributed by atoms with van der Waals surface area (Å²) in [6.45, 7) is 10.1. The minimum atomic E-state index is -0.643. The number of ether oxygens (including phenoxy) is 2. The van der Waals surface area contributed by atoms with Gasteiger partial charge in [-0.25, -0.2) is 24.6 Å². The van der Waals surface area contributed by atoms with Gasteiger partial charge in [0, 0.05) is 54.3 Å². The number of anilines is 1. The van der Waals surface area contributed by atoms with E-state index < -0.39 is 17.7 Å². The summed E-state index contributed by atoms with van der Waals surface area (Å²) in [7, 11) is 3.38. The number of nitrogens with two attached hydrogens (primary N) is 2. The number of aromatic nitrogens is 10. The summed E-state index contributed by atoms with van der Waals surface area (Å²) in [5.41, 5.74) is 15.2. The van der Waals surface area contributed by atoms with Gasteiger partial charge in [-0.15, -0.1) is 0 Å². The SMILES string of the molecule is CCn1nc(C)cc1C(=O)Nc1nc2cc(C(N)=O)cc(OCCCNC)c2n1C/C=C/Cn1c2nc(-c3nc(C)nn3CC)ncc2c2cc(C(N)=O)cc(OC)c21. The highest BCUT2D eigenvalue weighted by molar-refractivity contribution is 6.12. The molecule has 2 aromatic carbocycles. The Morgan fingerprint density at radius 1 is 0.831 bits per heavy atom. The lowest BCUT2D eigenvalue weighted by Crippen LogP contribution is -2.20. The maximum Gasteiger partial charge on any atom is 0.276 e. The maximum absolute atomic E-state index is 13.8. The molecule has 0 aliphatic heterocycles. The Kier molecular flexibility index (Phi) is 11.4. The number of amides is 3. The monoisotopic (exact) mass is 802 g/mol. The first-order valence-corrected chi connectivity index (χ1v) is 19.2. The van der Waals surface area contributed by atoms with Gasteiger partial charge in [-0.05, 0) is 78.0 Å². The molecular formula is C40H46N14O5. The van der Waals surface area contributed by atoms with Crippen LogP contribution < -0.4 is 31.6 Å². The van der Waals surface area contributed by atoms with Crippen molar-refractivity contribution in [3.63, 3.8) is 0 Å². The molecule has 7 rings (SSSR count). The molecule has 6 N–H and O–H groups in total. The van der Waals surface area contributed by atoms with E-state index in [4.69, 9.17) is 30.9 Å². The molecule has 3 amide bonds. The van der Waals surface area contributed by atoms with Gasteiger partial charge in [-0.3, -0.25) is 24.4 Å². The lowest BCUT2D eigenvalue weighted by atomic mass is 10.1. The van der Waals surface area contributed by atoms with Crippen molar-refractivity contribution in [1.29, 1.82) is 0 Å². The summed E-state index contributed by atoms with van der Waals surface area (Å²) >= 11 is 0. The van der Waals surface area contributed by atoms with Gasteiger partial charge in [0.25, 0.3) is 5.91 Å².